The van der Waals surface area contributed by atoms with Gasteiger partial charge in [-0.05, 0) is 64.2 Å². The minimum Gasteiger partial charge on any atom is -0.394 e. The number of unbranched alkanes of at least 4 members (excludes halogenated alkanes) is 15. The Morgan fingerprint density at radius 3 is 0.898 bits per heavy atom. The Morgan fingerprint density at radius 1 is 0.312 bits per heavy atom. The van der Waals surface area contributed by atoms with Gasteiger partial charge in [0, 0.05) is 52.7 Å². The van der Waals surface area contributed by atoms with Crippen molar-refractivity contribution in [3.63, 3.8) is 0 Å². The van der Waals surface area contributed by atoms with E-state index in [0.717, 1.165) is 25.7 Å². The minimum atomic E-state index is -1.49. The Balaban J connectivity index is 1.62. The number of rotatable bonds is 78. The van der Waals surface area contributed by atoms with Crippen LogP contribution >= 0.6 is 0 Å². The van der Waals surface area contributed by atoms with Crippen molar-refractivity contribution in [1.82, 2.24) is 47.9 Å². The highest BCUT2D eigenvalue weighted by molar-refractivity contribution is 5.95. The summed E-state index contributed by atoms with van der Waals surface area (Å²) in [5.41, 5.74) is 0. The first-order valence-corrected chi connectivity index (χ1v) is 45.6. The molecule has 3 saturated heterocycles. The molecule has 43 nitrogen and oxygen atoms in total. The van der Waals surface area contributed by atoms with Crippen LogP contribution in [-0.2, 0) is 119 Å². The van der Waals surface area contributed by atoms with Gasteiger partial charge >= 0.3 is 0 Å². The smallest absolute Gasteiger partial charge is 0.246 e. The molecule has 3 aliphatic rings. The standard InChI is InChI=1S/C85H155N9O34/c1-7-8-9-10-11-12-13-14-15-16-17-18-19-29-67(101)86-30-23-20-26-61(74(105)57(2)3)93-82(113)63(28-22-25-32-88-69(103)55-121-43-40-115-34-37-118-46-49-124-84-72(90-59(5)99)79(110)76(107)65(52-96)127-84)94-81(112)62(92-70(104)56-122-44-41-116-35-38-119-47-50-125-85-73(91-60(6)100)80(111)77(108)66(53-97)128-85)27-21-24-31-87-68(102)54-120-42-39-114-33-36-117-45-48-123-83-71(89-58(4)98)78(109)75(106)64(51-95)126-83/h57,61-66,71-73,75-80,83-85,95-97,106-111H,7-56H2,1-6H3,(H,86,101)(H,87,102)(H,88,103)(H,89,98)(H,90,99)(H,91,100)(H,92,104)(H,93,113)(H,94,112)/t61-,62-,63-,64+,65+,66+,71+,72+,73+,75-,76-,77-,78+,79+,80+,83+,84+,85+/m0/s1. The molecule has 0 radical (unpaired) electrons. The van der Waals surface area contributed by atoms with E-state index in [4.69, 9.17) is 71.1 Å². The normalized spacial score (nSPS) is 23.0. The Hall–Kier alpha value is -6.06. The van der Waals surface area contributed by atoms with Crippen LogP contribution in [0, 0.1) is 5.92 Å². The van der Waals surface area contributed by atoms with E-state index in [-0.39, 0.29) is 189 Å². The van der Waals surface area contributed by atoms with Crippen LogP contribution in [0.25, 0.3) is 0 Å². The summed E-state index contributed by atoms with van der Waals surface area (Å²) in [6.45, 7) is 8.15. The molecule has 0 spiro atoms. The first-order valence-electron chi connectivity index (χ1n) is 45.6. The number of ether oxygens (including phenoxy) is 15. The van der Waals surface area contributed by atoms with Crippen LogP contribution in [0.2, 0.25) is 0 Å². The Kier molecular flexibility index (Phi) is 65.7. The topological polar surface area (TPSA) is 599 Å². The number of Topliss-reactive ketones (excluding diaryl/α,β-unsaturated/α-hetero) is 1. The average Bonchev–Trinajstić information content (AvgIpc) is 0.818. The second-order valence-corrected chi connectivity index (χ2v) is 32.1. The van der Waals surface area contributed by atoms with Crippen molar-refractivity contribution in [2.45, 2.75) is 299 Å². The second-order valence-electron chi connectivity index (χ2n) is 32.1. The summed E-state index contributed by atoms with van der Waals surface area (Å²) in [6, 6.07) is -6.83. The second kappa shape index (κ2) is 72.5. The van der Waals surface area contributed by atoms with Crippen LogP contribution in [0.15, 0.2) is 0 Å². The van der Waals surface area contributed by atoms with Crippen LogP contribution in [0.4, 0.5) is 0 Å². The minimum absolute atomic E-state index is 0.0119. The number of carbonyl (C=O) groups excluding carboxylic acids is 10. The number of aliphatic hydroxyl groups excluding tert-OH is 9. The zero-order valence-electron chi connectivity index (χ0n) is 76.1. The summed E-state index contributed by atoms with van der Waals surface area (Å²) in [7, 11) is 0. The summed E-state index contributed by atoms with van der Waals surface area (Å²) >= 11 is 0. The van der Waals surface area contributed by atoms with Crippen LogP contribution in [0.3, 0.4) is 0 Å². The van der Waals surface area contributed by atoms with Gasteiger partial charge in [-0.25, -0.2) is 0 Å². The molecule has 128 heavy (non-hydrogen) atoms. The molecule has 3 aliphatic heterocycles. The molecular formula is C85H155N9O34. The number of aliphatic hydroxyl groups is 9. The first kappa shape index (κ1) is 116. The predicted octanol–water partition coefficient (Wildman–Crippen LogP) is -2.96. The molecule has 3 fully saturated rings. The fourth-order valence-corrected chi connectivity index (χ4v) is 13.9. The maximum absolute atomic E-state index is 14.6. The molecule has 0 aromatic rings. The highest BCUT2D eigenvalue weighted by Gasteiger charge is 2.48. The number of ketones is 1. The van der Waals surface area contributed by atoms with Crippen molar-refractivity contribution in [3.05, 3.63) is 0 Å². The van der Waals surface area contributed by atoms with Crippen molar-refractivity contribution in [1.29, 1.82) is 0 Å². The van der Waals surface area contributed by atoms with Gasteiger partial charge in [-0.15, -0.1) is 0 Å². The van der Waals surface area contributed by atoms with Crippen molar-refractivity contribution in [3.8, 4) is 0 Å². The molecule has 3 heterocycles. The van der Waals surface area contributed by atoms with E-state index in [1.165, 1.54) is 78.6 Å². The fourth-order valence-electron chi connectivity index (χ4n) is 13.9. The molecule has 18 atom stereocenters. The van der Waals surface area contributed by atoms with Crippen molar-refractivity contribution in [2.75, 3.05) is 178 Å². The molecule has 0 unspecified atom stereocenters. The molecular weight excluding hydrogens is 1690 g/mol. The summed E-state index contributed by atoms with van der Waals surface area (Å²) in [6.07, 6.45) is 2.53. The van der Waals surface area contributed by atoms with E-state index >= 15 is 0 Å². The zero-order valence-corrected chi connectivity index (χ0v) is 76.1. The van der Waals surface area contributed by atoms with Gasteiger partial charge < -0.3 is 165 Å². The van der Waals surface area contributed by atoms with Crippen LogP contribution < -0.4 is 47.9 Å². The average molecular weight is 1850 g/mol. The first-order chi connectivity index (χ1) is 61.7. The van der Waals surface area contributed by atoms with E-state index in [1.54, 1.807) is 13.8 Å². The van der Waals surface area contributed by atoms with E-state index in [2.05, 4.69) is 54.8 Å². The third-order valence-corrected chi connectivity index (χ3v) is 21.0. The van der Waals surface area contributed by atoms with Crippen molar-refractivity contribution < 1.29 is 165 Å². The lowest BCUT2D eigenvalue weighted by atomic mass is 9.96. The maximum Gasteiger partial charge on any atom is 0.246 e. The van der Waals surface area contributed by atoms with Crippen molar-refractivity contribution in [2.24, 2.45) is 5.92 Å². The summed E-state index contributed by atoms with van der Waals surface area (Å²) in [5.74, 6) is -5.31. The van der Waals surface area contributed by atoms with Gasteiger partial charge in [-0.3, -0.25) is 47.9 Å². The molecule has 0 aromatic heterocycles. The third-order valence-electron chi connectivity index (χ3n) is 21.0. The Morgan fingerprint density at radius 2 is 0.586 bits per heavy atom. The van der Waals surface area contributed by atoms with Gasteiger partial charge in [0.25, 0.3) is 0 Å². The largest absolute Gasteiger partial charge is 0.394 e. The fraction of sp³-hybridized carbons (Fsp3) is 0.882. The molecule has 43 heteroatoms. The molecule has 0 aromatic carbocycles. The van der Waals surface area contributed by atoms with Crippen LogP contribution in [-0.4, -0.2) is 393 Å². The molecule has 3 rings (SSSR count). The molecule has 0 bridgehead atoms. The lowest BCUT2D eigenvalue weighted by Crippen LogP contribution is -2.64. The van der Waals surface area contributed by atoms with E-state index in [0.29, 0.717) is 38.6 Å². The highest BCUT2D eigenvalue weighted by Crippen LogP contribution is 2.26. The summed E-state index contributed by atoms with van der Waals surface area (Å²) in [4.78, 5) is 131. The Labute approximate surface area is 752 Å². The van der Waals surface area contributed by atoms with Crippen LogP contribution in [0.1, 0.15) is 189 Å². The maximum atomic E-state index is 14.6. The molecule has 0 aliphatic carbocycles. The quantitative estimate of drug-likeness (QED) is 0.0271. The SMILES string of the molecule is CCCCCCCCCCCCCCCC(=O)NCCCC[C@H](NC(=O)[C@H](CCCCNC(=O)COCCOCCOCCO[C@@H]1O[C@H](CO)[C@H](O)[C@H](O)[C@H]1NC(C)=O)NC(=O)[C@H](CCCCNC(=O)COCCOCCOCCO[C@@H]1O[C@H](CO)[C@H](O)[C@H](O)[C@H]1NC(C)=O)NC(=O)COCCOCCOCCO[C@@H]1O[C@H](CO)[C@H](O)[C@H](O)[C@H]1NC(C)=O)C(=O)C(C)C. The molecule has 18 N–H and O–H groups in total. The van der Waals surface area contributed by atoms with Gasteiger partial charge in [-0.2, -0.15) is 0 Å². The van der Waals surface area contributed by atoms with E-state index < -0.39 is 190 Å². The zero-order chi connectivity index (χ0) is 94.1. The lowest BCUT2D eigenvalue weighted by molar-refractivity contribution is -0.272. The summed E-state index contributed by atoms with van der Waals surface area (Å²) < 4.78 is 83.5. The van der Waals surface area contributed by atoms with Gasteiger partial charge in [0.15, 0.2) is 24.7 Å². The Bertz CT molecular complexity index is 3000. The highest BCUT2D eigenvalue weighted by atomic mass is 16.7. The van der Waals surface area contributed by atoms with Gasteiger partial charge in [0.2, 0.25) is 53.2 Å². The number of hydrogen-bond donors (Lipinski definition) is 18. The molecule has 0 saturated carbocycles. The molecule has 744 valence electrons. The monoisotopic (exact) mass is 1850 g/mol. The van der Waals surface area contributed by atoms with E-state index in [9.17, 15) is 93.9 Å². The van der Waals surface area contributed by atoms with Gasteiger partial charge in [0.1, 0.15) is 105 Å². The lowest BCUT2D eigenvalue weighted by Gasteiger charge is -2.42. The number of nitrogens with one attached hydrogen (secondary N) is 9. The molecule has 9 amide bonds. The van der Waals surface area contributed by atoms with Crippen molar-refractivity contribution >= 4 is 58.9 Å². The number of carbonyl (C=O) groups is 10. The summed E-state index contributed by atoms with van der Waals surface area (Å²) in [5, 5.41) is 115. The number of hydrogen-bond acceptors (Lipinski definition) is 34. The van der Waals surface area contributed by atoms with Crippen LogP contribution in [0.5, 0.6) is 0 Å². The number of amides is 9. The predicted molar refractivity (Wildman–Crippen MR) is 458 cm³/mol. The van der Waals surface area contributed by atoms with E-state index in [1.807, 2.05) is 0 Å². The third kappa shape index (κ3) is 51.8. The van der Waals surface area contributed by atoms with Gasteiger partial charge in [-0.1, -0.05) is 97.8 Å². The van der Waals surface area contributed by atoms with Gasteiger partial charge in [0.05, 0.1) is 145 Å².